The summed E-state index contributed by atoms with van der Waals surface area (Å²) in [5.74, 6) is 0.575. The molecule has 33 heavy (non-hydrogen) atoms. The van der Waals surface area contributed by atoms with Gasteiger partial charge in [0.1, 0.15) is 6.73 Å². The molecule has 1 fully saturated rings. The fraction of sp³-hybridized carbons (Fsp3) is 0.517. The molecular formula is C29H43N3O. The summed E-state index contributed by atoms with van der Waals surface area (Å²) in [6.07, 6.45) is 11.3. The molecule has 1 aromatic carbocycles. The Morgan fingerprint density at radius 3 is 2.67 bits per heavy atom. The molecule has 180 valence electrons. The molecule has 1 aromatic heterocycles. The number of allylic oxidation sites excluding steroid dienone is 2. The van der Waals surface area contributed by atoms with Crippen LogP contribution in [0.2, 0.25) is 0 Å². The van der Waals surface area contributed by atoms with Crippen molar-refractivity contribution in [2.45, 2.75) is 78.7 Å². The van der Waals surface area contributed by atoms with Gasteiger partial charge in [0.25, 0.3) is 0 Å². The minimum Gasteiger partial charge on any atom is -0.377 e. The minimum absolute atomic E-state index is 0.0329. The van der Waals surface area contributed by atoms with Gasteiger partial charge in [0, 0.05) is 48.3 Å². The molecule has 1 atom stereocenters. The predicted molar refractivity (Wildman–Crippen MR) is 142 cm³/mol. The summed E-state index contributed by atoms with van der Waals surface area (Å²) in [7, 11) is 0. The Bertz CT molecular complexity index is 939. The van der Waals surface area contributed by atoms with Crippen LogP contribution in [0.3, 0.4) is 0 Å². The van der Waals surface area contributed by atoms with Crippen molar-refractivity contribution in [1.29, 1.82) is 0 Å². The van der Waals surface area contributed by atoms with Gasteiger partial charge in [0.05, 0.1) is 0 Å². The first-order valence-corrected chi connectivity index (χ1v) is 12.7. The second-order valence-electron chi connectivity index (χ2n) is 9.40. The van der Waals surface area contributed by atoms with E-state index in [9.17, 15) is 0 Å². The predicted octanol–water partition coefficient (Wildman–Crippen LogP) is 6.63. The SMILES string of the molecule is C=C(CCCc1ccc(NCO)cc1)N1CCCC(c2c(C)c(/C=C\C)c(C)n2CCC)C1. The molecule has 1 saturated heterocycles. The Balaban J connectivity index is 1.63. The molecule has 0 bridgehead atoms. The van der Waals surface area contributed by atoms with Crippen LogP contribution in [0, 0.1) is 13.8 Å². The molecule has 2 heterocycles. The number of aromatic nitrogens is 1. The van der Waals surface area contributed by atoms with Gasteiger partial charge in [-0.25, -0.2) is 0 Å². The van der Waals surface area contributed by atoms with Gasteiger partial charge < -0.3 is 19.9 Å². The molecule has 0 aliphatic carbocycles. The van der Waals surface area contributed by atoms with Gasteiger partial charge in [0.15, 0.2) is 0 Å². The van der Waals surface area contributed by atoms with Crippen molar-refractivity contribution < 1.29 is 5.11 Å². The van der Waals surface area contributed by atoms with Crippen LogP contribution in [0.15, 0.2) is 42.6 Å². The lowest BCUT2D eigenvalue weighted by atomic mass is 9.91. The Morgan fingerprint density at radius 1 is 1.24 bits per heavy atom. The van der Waals surface area contributed by atoms with Crippen molar-refractivity contribution in [1.82, 2.24) is 9.47 Å². The molecular weight excluding hydrogens is 406 g/mol. The molecule has 1 aliphatic rings. The van der Waals surface area contributed by atoms with Gasteiger partial charge in [-0.3, -0.25) is 0 Å². The molecule has 2 N–H and O–H groups in total. The number of nitrogens with zero attached hydrogens (tertiary/aromatic N) is 2. The Morgan fingerprint density at radius 2 is 2.00 bits per heavy atom. The number of benzene rings is 1. The highest BCUT2D eigenvalue weighted by molar-refractivity contribution is 5.59. The van der Waals surface area contributed by atoms with Crippen molar-refractivity contribution in [3.05, 3.63) is 70.7 Å². The van der Waals surface area contributed by atoms with Crippen molar-refractivity contribution in [2.24, 2.45) is 0 Å². The highest BCUT2D eigenvalue weighted by atomic mass is 16.3. The van der Waals surface area contributed by atoms with Crippen LogP contribution < -0.4 is 5.32 Å². The van der Waals surface area contributed by atoms with E-state index < -0.39 is 0 Å². The zero-order chi connectivity index (χ0) is 23.8. The molecule has 4 heteroatoms. The fourth-order valence-corrected chi connectivity index (χ4v) is 5.41. The van der Waals surface area contributed by atoms with Crippen molar-refractivity contribution in [2.75, 3.05) is 25.1 Å². The first kappa shape index (κ1) is 25.2. The van der Waals surface area contributed by atoms with Crippen LogP contribution in [0.25, 0.3) is 6.08 Å². The topological polar surface area (TPSA) is 40.4 Å². The van der Waals surface area contributed by atoms with Crippen molar-refractivity contribution in [3.63, 3.8) is 0 Å². The van der Waals surface area contributed by atoms with Gasteiger partial charge in [-0.15, -0.1) is 0 Å². The Hall–Kier alpha value is -2.46. The Kier molecular flexibility index (Phi) is 9.25. The monoisotopic (exact) mass is 449 g/mol. The highest BCUT2D eigenvalue weighted by Gasteiger charge is 2.28. The van der Waals surface area contributed by atoms with E-state index in [0.29, 0.717) is 5.92 Å². The number of nitrogens with one attached hydrogen (secondary N) is 1. The van der Waals surface area contributed by atoms with Crippen LogP contribution in [0.5, 0.6) is 0 Å². The third kappa shape index (κ3) is 6.11. The molecule has 0 saturated carbocycles. The van der Waals surface area contributed by atoms with Crippen LogP contribution in [-0.4, -0.2) is 34.4 Å². The smallest absolute Gasteiger partial charge is 0.113 e. The highest BCUT2D eigenvalue weighted by Crippen LogP contribution is 2.36. The lowest BCUT2D eigenvalue weighted by Crippen LogP contribution is -2.34. The number of piperidine rings is 1. The van der Waals surface area contributed by atoms with Crippen molar-refractivity contribution in [3.8, 4) is 0 Å². The number of aryl methyl sites for hydroxylation is 1. The number of likely N-dealkylation sites (tertiary alicyclic amines) is 1. The molecule has 1 unspecified atom stereocenters. The van der Waals surface area contributed by atoms with E-state index in [0.717, 1.165) is 51.0 Å². The summed E-state index contributed by atoms with van der Waals surface area (Å²) in [5, 5.41) is 11.9. The van der Waals surface area contributed by atoms with E-state index in [4.69, 9.17) is 5.11 Å². The molecule has 4 nitrogen and oxygen atoms in total. The van der Waals surface area contributed by atoms with E-state index in [2.05, 4.69) is 73.3 Å². The number of aliphatic hydroxyl groups is 1. The standard InChI is InChI=1S/C29H43N3O/c1-6-10-28-23(4)29(32(18-7-2)24(28)5)26-13-9-19-31(20-26)22(3)11-8-12-25-14-16-27(17-15-25)30-21-33/h6,10,14-17,26,30,33H,3,7-9,11-13,18-21H2,1-2,4-5H3/b10-6-. The van der Waals surface area contributed by atoms with E-state index in [-0.39, 0.29) is 6.73 Å². The van der Waals surface area contributed by atoms with Gasteiger partial charge >= 0.3 is 0 Å². The van der Waals surface area contributed by atoms with Crippen LogP contribution >= 0.6 is 0 Å². The number of anilines is 1. The average Bonchev–Trinajstić information content (AvgIpc) is 3.05. The van der Waals surface area contributed by atoms with Gasteiger partial charge in [-0.2, -0.15) is 0 Å². The fourth-order valence-electron chi connectivity index (χ4n) is 5.41. The maximum atomic E-state index is 8.97. The summed E-state index contributed by atoms with van der Waals surface area (Å²) < 4.78 is 2.59. The van der Waals surface area contributed by atoms with Crippen LogP contribution in [0.4, 0.5) is 5.69 Å². The Labute approximate surface area is 201 Å². The molecule has 3 rings (SSSR count). The lowest BCUT2D eigenvalue weighted by molar-refractivity contribution is 0.245. The lowest BCUT2D eigenvalue weighted by Gasteiger charge is -2.36. The second-order valence-corrected chi connectivity index (χ2v) is 9.40. The third-order valence-electron chi connectivity index (χ3n) is 7.08. The van der Waals surface area contributed by atoms with Gasteiger partial charge in [0.2, 0.25) is 0 Å². The van der Waals surface area contributed by atoms with E-state index in [1.54, 1.807) is 5.69 Å². The number of hydrogen-bond donors (Lipinski definition) is 2. The number of aliphatic hydroxyl groups excluding tert-OH is 1. The minimum atomic E-state index is -0.0329. The number of hydrogen-bond acceptors (Lipinski definition) is 3. The quantitative estimate of drug-likeness (QED) is 0.378. The zero-order valence-corrected chi connectivity index (χ0v) is 21.2. The van der Waals surface area contributed by atoms with Crippen LogP contribution in [-0.2, 0) is 13.0 Å². The maximum Gasteiger partial charge on any atom is 0.113 e. The summed E-state index contributed by atoms with van der Waals surface area (Å²) in [5.41, 5.74) is 9.43. The molecule has 0 amide bonds. The van der Waals surface area contributed by atoms with E-state index in [1.165, 1.54) is 40.9 Å². The summed E-state index contributed by atoms with van der Waals surface area (Å²) >= 11 is 0. The molecule has 0 spiro atoms. The summed E-state index contributed by atoms with van der Waals surface area (Å²) in [4.78, 5) is 2.55. The van der Waals surface area contributed by atoms with Crippen molar-refractivity contribution >= 4 is 11.8 Å². The summed E-state index contributed by atoms with van der Waals surface area (Å²) in [6, 6.07) is 8.36. The first-order valence-electron chi connectivity index (χ1n) is 12.7. The van der Waals surface area contributed by atoms with Crippen LogP contribution in [0.1, 0.15) is 79.9 Å². The molecule has 2 aromatic rings. The summed E-state index contributed by atoms with van der Waals surface area (Å²) in [6.45, 7) is 16.8. The van der Waals surface area contributed by atoms with Gasteiger partial charge in [-0.05, 0) is 88.1 Å². The van der Waals surface area contributed by atoms with Gasteiger partial charge in [-0.1, -0.05) is 37.8 Å². The number of rotatable bonds is 11. The zero-order valence-electron chi connectivity index (χ0n) is 21.2. The second kappa shape index (κ2) is 12.1. The molecule has 0 radical (unpaired) electrons. The van der Waals surface area contributed by atoms with E-state index in [1.807, 2.05) is 12.1 Å². The van der Waals surface area contributed by atoms with E-state index >= 15 is 0 Å². The first-order chi connectivity index (χ1) is 16.0. The third-order valence-corrected chi connectivity index (χ3v) is 7.08. The normalized spacial score (nSPS) is 16.5. The maximum absolute atomic E-state index is 8.97. The average molecular weight is 450 g/mol. The molecule has 1 aliphatic heterocycles. The largest absolute Gasteiger partial charge is 0.377 e.